The van der Waals surface area contributed by atoms with E-state index < -0.39 is 35.7 Å². The van der Waals surface area contributed by atoms with Crippen LogP contribution < -0.4 is 16.0 Å². The highest BCUT2D eigenvalue weighted by Crippen LogP contribution is 2.65. The third-order valence-corrected chi connectivity index (χ3v) is 8.08. The Morgan fingerprint density at radius 1 is 1.25 bits per heavy atom. The standard InChI is InChI=1S/C26H37N5O5/c1-25(2,3)36-24(35)30-18-9-7-6-8-14-12-28-21(32)16(14)10-15(11-27)29-22(33)20-19-17(26(19,4)5)13-31(20)23(18)34/h6,8,14-20H,7,9-10,12-13H2,1-5H3,(H,28,32)(H,29,33)(H,30,35)/b8-6+/t14-,15-,16-,17-,18-,19-,20-/m0/s1. The first-order chi connectivity index (χ1) is 16.8. The van der Waals surface area contributed by atoms with Gasteiger partial charge in [0.2, 0.25) is 17.7 Å². The van der Waals surface area contributed by atoms with Gasteiger partial charge < -0.3 is 25.6 Å². The maximum Gasteiger partial charge on any atom is 0.408 e. The quantitative estimate of drug-likeness (QED) is 0.467. The maximum atomic E-state index is 13.7. The number of hydrogen-bond acceptors (Lipinski definition) is 6. The number of nitrogens with zero attached hydrogens (tertiary/aromatic N) is 2. The summed E-state index contributed by atoms with van der Waals surface area (Å²) in [6.45, 7) is 10.3. The van der Waals surface area contributed by atoms with Gasteiger partial charge in [-0.3, -0.25) is 14.4 Å². The molecule has 0 aromatic heterocycles. The summed E-state index contributed by atoms with van der Waals surface area (Å²) >= 11 is 0. The molecule has 196 valence electrons. The minimum Gasteiger partial charge on any atom is -0.444 e. The second-order valence-electron chi connectivity index (χ2n) is 12.0. The van der Waals surface area contributed by atoms with Crippen molar-refractivity contribution in [1.29, 1.82) is 5.26 Å². The van der Waals surface area contributed by atoms with Crippen LogP contribution >= 0.6 is 0 Å². The van der Waals surface area contributed by atoms with Crippen LogP contribution in [0.5, 0.6) is 0 Å². The van der Waals surface area contributed by atoms with Crippen LogP contribution in [0.1, 0.15) is 53.9 Å². The molecule has 1 saturated carbocycles. The molecule has 4 amide bonds. The number of carbonyl (C=O) groups is 4. The summed E-state index contributed by atoms with van der Waals surface area (Å²) in [5.74, 6) is -1.23. The lowest BCUT2D eigenvalue weighted by Gasteiger charge is -2.34. The number of piperidine rings is 1. The summed E-state index contributed by atoms with van der Waals surface area (Å²) < 4.78 is 5.39. The third-order valence-electron chi connectivity index (χ3n) is 8.08. The highest BCUT2D eigenvalue weighted by Gasteiger charge is 2.69. The van der Waals surface area contributed by atoms with Gasteiger partial charge in [-0.05, 0) is 57.3 Å². The summed E-state index contributed by atoms with van der Waals surface area (Å²) in [5.41, 5.74) is -0.820. The Kier molecular flexibility index (Phi) is 6.80. The van der Waals surface area contributed by atoms with Crippen LogP contribution in [-0.2, 0) is 19.1 Å². The molecule has 0 aromatic rings. The van der Waals surface area contributed by atoms with Crippen LogP contribution in [0.15, 0.2) is 12.2 Å². The highest BCUT2D eigenvalue weighted by molar-refractivity contribution is 5.93. The molecule has 3 fully saturated rings. The van der Waals surface area contributed by atoms with E-state index in [0.717, 1.165) is 0 Å². The van der Waals surface area contributed by atoms with Gasteiger partial charge in [-0.15, -0.1) is 0 Å². The zero-order valence-corrected chi connectivity index (χ0v) is 21.7. The molecule has 10 nitrogen and oxygen atoms in total. The number of nitrogens with one attached hydrogen (secondary N) is 3. The lowest BCUT2D eigenvalue weighted by atomic mass is 9.88. The van der Waals surface area contributed by atoms with Crippen LogP contribution in [0.4, 0.5) is 4.79 Å². The molecule has 4 rings (SSSR count). The van der Waals surface area contributed by atoms with Gasteiger partial charge in [-0.1, -0.05) is 26.0 Å². The average molecular weight is 500 g/mol. The molecule has 0 unspecified atom stereocenters. The molecule has 0 aromatic carbocycles. The van der Waals surface area contributed by atoms with Crippen LogP contribution in [0, 0.1) is 40.4 Å². The van der Waals surface area contributed by atoms with E-state index in [-0.39, 0.29) is 47.3 Å². The molecule has 3 N–H and O–H groups in total. The summed E-state index contributed by atoms with van der Waals surface area (Å²) in [7, 11) is 0. The molecule has 10 heteroatoms. The molecule has 0 bridgehead atoms. The van der Waals surface area contributed by atoms with E-state index in [0.29, 0.717) is 25.9 Å². The Morgan fingerprint density at radius 2 is 1.97 bits per heavy atom. The molecule has 2 saturated heterocycles. The van der Waals surface area contributed by atoms with Gasteiger partial charge in [0.15, 0.2) is 0 Å². The predicted octanol–water partition coefficient (Wildman–Crippen LogP) is 1.47. The Bertz CT molecular complexity index is 1010. The van der Waals surface area contributed by atoms with Gasteiger partial charge in [0.05, 0.1) is 6.07 Å². The van der Waals surface area contributed by atoms with Crippen molar-refractivity contribution in [3.63, 3.8) is 0 Å². The zero-order valence-electron chi connectivity index (χ0n) is 21.7. The van der Waals surface area contributed by atoms with E-state index in [1.54, 1.807) is 25.7 Å². The van der Waals surface area contributed by atoms with Gasteiger partial charge in [0.1, 0.15) is 23.7 Å². The van der Waals surface area contributed by atoms with Crippen LogP contribution in [0.2, 0.25) is 0 Å². The number of allylic oxidation sites excluding steroid dienone is 1. The number of alkyl carbamates (subject to hydrolysis) is 1. The number of hydrogen-bond donors (Lipinski definition) is 3. The monoisotopic (exact) mass is 499 g/mol. The number of nitriles is 1. The molecular weight excluding hydrogens is 462 g/mol. The van der Waals surface area contributed by atoms with E-state index in [1.807, 2.05) is 12.2 Å². The van der Waals surface area contributed by atoms with Crippen molar-refractivity contribution >= 4 is 23.8 Å². The number of ether oxygens (including phenoxy) is 1. The molecular formula is C26H37N5O5. The van der Waals surface area contributed by atoms with Gasteiger partial charge >= 0.3 is 6.09 Å². The molecule has 1 aliphatic carbocycles. The fourth-order valence-electron chi connectivity index (χ4n) is 6.08. The van der Waals surface area contributed by atoms with Crippen molar-refractivity contribution in [2.24, 2.45) is 29.1 Å². The second kappa shape index (κ2) is 9.41. The molecule has 36 heavy (non-hydrogen) atoms. The van der Waals surface area contributed by atoms with Crippen LogP contribution in [-0.4, -0.2) is 65.5 Å². The van der Waals surface area contributed by atoms with Crippen molar-refractivity contribution in [3.05, 3.63) is 12.2 Å². The van der Waals surface area contributed by atoms with E-state index in [9.17, 15) is 24.4 Å². The average Bonchev–Trinajstić information content (AvgIpc) is 3.11. The van der Waals surface area contributed by atoms with Crippen molar-refractivity contribution in [3.8, 4) is 6.07 Å². The lowest BCUT2D eigenvalue weighted by Crippen LogP contribution is -2.57. The molecule has 4 aliphatic rings. The second-order valence-corrected chi connectivity index (χ2v) is 12.0. The van der Waals surface area contributed by atoms with Crippen LogP contribution in [0.25, 0.3) is 0 Å². The fourth-order valence-corrected chi connectivity index (χ4v) is 6.08. The van der Waals surface area contributed by atoms with E-state index in [1.165, 1.54) is 0 Å². The first-order valence-electron chi connectivity index (χ1n) is 12.8. The first kappa shape index (κ1) is 26.0. The van der Waals surface area contributed by atoms with Crippen molar-refractivity contribution in [2.75, 3.05) is 13.1 Å². The Morgan fingerprint density at radius 3 is 2.64 bits per heavy atom. The number of carbonyl (C=O) groups excluding carboxylic acids is 4. The van der Waals surface area contributed by atoms with Crippen molar-refractivity contribution in [2.45, 2.75) is 77.6 Å². The Balaban J connectivity index is 1.63. The summed E-state index contributed by atoms with van der Waals surface area (Å²) in [4.78, 5) is 53.8. The predicted molar refractivity (Wildman–Crippen MR) is 130 cm³/mol. The first-order valence-corrected chi connectivity index (χ1v) is 12.8. The van der Waals surface area contributed by atoms with Crippen LogP contribution in [0.3, 0.4) is 0 Å². The van der Waals surface area contributed by atoms with E-state index >= 15 is 0 Å². The third kappa shape index (κ3) is 5.06. The largest absolute Gasteiger partial charge is 0.444 e. The van der Waals surface area contributed by atoms with E-state index in [2.05, 4.69) is 35.9 Å². The van der Waals surface area contributed by atoms with Gasteiger partial charge in [-0.25, -0.2) is 4.79 Å². The Hall–Kier alpha value is -3.09. The van der Waals surface area contributed by atoms with E-state index in [4.69, 9.17) is 4.74 Å². The van der Waals surface area contributed by atoms with Crippen molar-refractivity contribution in [1.82, 2.24) is 20.9 Å². The number of amides is 4. The minimum absolute atomic E-state index is 0.0294. The fraction of sp³-hybridized carbons (Fsp3) is 0.731. The Labute approximate surface area is 212 Å². The lowest BCUT2D eigenvalue weighted by molar-refractivity contribution is -0.142. The molecule has 7 atom stereocenters. The summed E-state index contributed by atoms with van der Waals surface area (Å²) in [5, 5.41) is 18.2. The smallest absolute Gasteiger partial charge is 0.408 e. The number of fused-ring (bicyclic) bond motifs is 4. The van der Waals surface area contributed by atoms with Crippen molar-refractivity contribution < 1.29 is 23.9 Å². The summed E-state index contributed by atoms with van der Waals surface area (Å²) in [6, 6.07) is -0.317. The SMILES string of the molecule is CC(C)(C)OC(=O)N[C@H]1CC/C=C/[C@H]2CNC(=O)[C@H]2C[C@@H](C#N)NC(=O)[C@@H]2[C@@H]3[C@H](CN2C1=O)C3(C)C. The minimum atomic E-state index is -0.866. The number of rotatable bonds is 1. The van der Waals surface area contributed by atoms with Gasteiger partial charge in [0.25, 0.3) is 0 Å². The molecule has 0 spiro atoms. The highest BCUT2D eigenvalue weighted by atomic mass is 16.6. The normalized spacial score (nSPS) is 36.7. The van der Waals surface area contributed by atoms with Gasteiger partial charge in [-0.2, -0.15) is 5.26 Å². The topological polar surface area (TPSA) is 141 Å². The molecule has 3 aliphatic heterocycles. The molecule has 3 heterocycles. The zero-order chi connectivity index (χ0) is 26.4. The molecule has 0 radical (unpaired) electrons. The summed E-state index contributed by atoms with van der Waals surface area (Å²) in [6.07, 6.45) is 4.20. The maximum absolute atomic E-state index is 13.7. The van der Waals surface area contributed by atoms with Gasteiger partial charge in [0, 0.05) is 24.9 Å².